The van der Waals surface area contributed by atoms with Crippen LogP contribution < -0.4 is 4.90 Å². The van der Waals surface area contributed by atoms with Gasteiger partial charge in [0.05, 0.1) is 18.8 Å². The Morgan fingerprint density at radius 3 is 2.76 bits per heavy atom. The summed E-state index contributed by atoms with van der Waals surface area (Å²) in [5, 5.41) is 9.04. The van der Waals surface area contributed by atoms with Crippen molar-refractivity contribution in [2.24, 2.45) is 0 Å². The van der Waals surface area contributed by atoms with Crippen molar-refractivity contribution in [1.82, 2.24) is 4.90 Å². The normalized spacial score (nSPS) is 16.5. The van der Waals surface area contributed by atoms with Crippen molar-refractivity contribution in [3.8, 4) is 0 Å². The number of anilines is 1. The lowest BCUT2D eigenvalue weighted by Crippen LogP contribution is -2.48. The Balaban J connectivity index is 2.20. The van der Waals surface area contributed by atoms with Gasteiger partial charge in [-0.25, -0.2) is 0 Å². The van der Waals surface area contributed by atoms with Crippen LogP contribution in [0.15, 0.2) is 22.7 Å². The smallest absolute Gasteiger partial charge is 0.241 e. The third-order valence-electron chi connectivity index (χ3n) is 2.99. The van der Waals surface area contributed by atoms with Gasteiger partial charge in [-0.15, -0.1) is 0 Å². The predicted octanol–water partition coefficient (Wildman–Crippen LogP) is 1.22. The molecule has 1 N–H and O–H groups in total. The van der Waals surface area contributed by atoms with Crippen LogP contribution in [0, 0.1) is 0 Å². The molecule has 1 heterocycles. The molecule has 1 saturated heterocycles. The Kier molecular flexibility index (Phi) is 3.69. The molecule has 1 amide bonds. The SMILES string of the molecule is CN1CCN(c2ccc(CO)cc2Br)CC1=O. The number of aliphatic hydroxyl groups excluding tert-OH is 1. The molecule has 17 heavy (non-hydrogen) atoms. The second kappa shape index (κ2) is 5.06. The van der Waals surface area contributed by atoms with Crippen LogP contribution in [0.25, 0.3) is 0 Å². The van der Waals surface area contributed by atoms with E-state index >= 15 is 0 Å². The minimum Gasteiger partial charge on any atom is -0.392 e. The number of halogens is 1. The second-order valence-corrected chi connectivity index (χ2v) is 5.04. The van der Waals surface area contributed by atoms with Gasteiger partial charge in [0.15, 0.2) is 0 Å². The summed E-state index contributed by atoms with van der Waals surface area (Å²) in [6, 6.07) is 5.70. The number of hydrogen-bond donors (Lipinski definition) is 1. The Labute approximate surface area is 109 Å². The van der Waals surface area contributed by atoms with Gasteiger partial charge in [-0.3, -0.25) is 4.79 Å². The number of hydrogen-bond acceptors (Lipinski definition) is 3. The number of rotatable bonds is 2. The van der Waals surface area contributed by atoms with Crippen molar-refractivity contribution < 1.29 is 9.90 Å². The van der Waals surface area contributed by atoms with Crippen LogP contribution in [-0.2, 0) is 11.4 Å². The van der Waals surface area contributed by atoms with E-state index in [0.717, 1.165) is 28.8 Å². The zero-order chi connectivity index (χ0) is 12.4. The molecule has 0 bridgehead atoms. The fourth-order valence-corrected chi connectivity index (χ4v) is 2.55. The maximum atomic E-state index is 11.6. The van der Waals surface area contributed by atoms with Crippen LogP contribution in [0.4, 0.5) is 5.69 Å². The highest BCUT2D eigenvalue weighted by Crippen LogP contribution is 2.28. The molecule has 0 saturated carbocycles. The van der Waals surface area contributed by atoms with Crippen LogP contribution in [0.3, 0.4) is 0 Å². The third kappa shape index (κ3) is 2.61. The Morgan fingerprint density at radius 2 is 2.18 bits per heavy atom. The summed E-state index contributed by atoms with van der Waals surface area (Å²) in [5.41, 5.74) is 1.87. The fourth-order valence-electron chi connectivity index (χ4n) is 1.87. The quantitative estimate of drug-likeness (QED) is 0.893. The highest BCUT2D eigenvalue weighted by atomic mass is 79.9. The lowest BCUT2D eigenvalue weighted by atomic mass is 10.2. The zero-order valence-electron chi connectivity index (χ0n) is 9.69. The lowest BCUT2D eigenvalue weighted by molar-refractivity contribution is -0.129. The molecule has 0 aliphatic carbocycles. The van der Waals surface area contributed by atoms with Crippen LogP contribution in [0.2, 0.25) is 0 Å². The maximum absolute atomic E-state index is 11.6. The Morgan fingerprint density at radius 1 is 1.41 bits per heavy atom. The summed E-state index contributed by atoms with van der Waals surface area (Å²) in [6.07, 6.45) is 0. The molecule has 0 unspecified atom stereocenters. The standard InChI is InChI=1S/C12H15BrN2O2/c1-14-4-5-15(7-12(14)17)11-3-2-9(8-16)6-10(11)13/h2-3,6,16H,4-5,7-8H2,1H3. The number of aliphatic hydroxyl groups is 1. The summed E-state index contributed by atoms with van der Waals surface area (Å²) >= 11 is 3.48. The average molecular weight is 299 g/mol. The first-order valence-corrected chi connectivity index (χ1v) is 6.29. The second-order valence-electron chi connectivity index (χ2n) is 4.18. The van der Waals surface area contributed by atoms with E-state index in [9.17, 15) is 4.79 Å². The molecule has 0 aromatic heterocycles. The molecule has 1 aromatic rings. The van der Waals surface area contributed by atoms with Gasteiger partial charge in [0.2, 0.25) is 5.91 Å². The van der Waals surface area contributed by atoms with Gasteiger partial charge in [0.1, 0.15) is 0 Å². The van der Waals surface area contributed by atoms with Crippen molar-refractivity contribution in [1.29, 1.82) is 0 Å². The zero-order valence-corrected chi connectivity index (χ0v) is 11.3. The van der Waals surface area contributed by atoms with Crippen LogP contribution >= 0.6 is 15.9 Å². The first-order valence-electron chi connectivity index (χ1n) is 5.50. The average Bonchev–Trinajstić information content (AvgIpc) is 2.32. The largest absolute Gasteiger partial charge is 0.392 e. The molecule has 1 aromatic carbocycles. The molecular weight excluding hydrogens is 284 g/mol. The highest BCUT2D eigenvalue weighted by molar-refractivity contribution is 9.10. The van der Waals surface area contributed by atoms with Gasteiger partial charge < -0.3 is 14.9 Å². The summed E-state index contributed by atoms with van der Waals surface area (Å²) in [6.45, 7) is 2.01. The molecular formula is C12H15BrN2O2. The topological polar surface area (TPSA) is 43.8 Å². The number of piperazine rings is 1. The molecule has 92 valence electrons. The molecule has 2 rings (SSSR count). The van der Waals surface area contributed by atoms with Gasteiger partial charge in [-0.1, -0.05) is 6.07 Å². The van der Waals surface area contributed by atoms with Gasteiger partial charge in [0, 0.05) is 24.6 Å². The van der Waals surface area contributed by atoms with Gasteiger partial charge >= 0.3 is 0 Å². The minimum absolute atomic E-state index is 0.0283. The summed E-state index contributed by atoms with van der Waals surface area (Å²) in [4.78, 5) is 15.4. The van der Waals surface area contributed by atoms with Crippen molar-refractivity contribution in [3.63, 3.8) is 0 Å². The van der Waals surface area contributed by atoms with Gasteiger partial charge in [0.25, 0.3) is 0 Å². The van der Waals surface area contributed by atoms with E-state index in [1.165, 1.54) is 0 Å². The molecule has 5 heteroatoms. The minimum atomic E-state index is 0.0283. The molecule has 4 nitrogen and oxygen atoms in total. The van der Waals surface area contributed by atoms with Crippen LogP contribution in [0.1, 0.15) is 5.56 Å². The number of carbonyl (C=O) groups excluding carboxylic acids is 1. The number of benzene rings is 1. The monoisotopic (exact) mass is 298 g/mol. The number of likely N-dealkylation sites (N-methyl/N-ethyl adjacent to an activating group) is 1. The summed E-state index contributed by atoms with van der Waals surface area (Å²) in [7, 11) is 1.82. The van der Waals surface area contributed by atoms with E-state index in [1.807, 2.05) is 30.1 Å². The van der Waals surface area contributed by atoms with Crippen LogP contribution in [-0.4, -0.2) is 42.6 Å². The number of amides is 1. The van der Waals surface area contributed by atoms with Crippen LogP contribution in [0.5, 0.6) is 0 Å². The first kappa shape index (κ1) is 12.4. The van der Waals surface area contributed by atoms with Crippen molar-refractivity contribution in [3.05, 3.63) is 28.2 Å². The molecule has 1 aliphatic heterocycles. The Bertz CT molecular complexity index is 437. The highest BCUT2D eigenvalue weighted by Gasteiger charge is 2.22. The first-order chi connectivity index (χ1) is 8.11. The number of carbonyl (C=O) groups is 1. The molecule has 0 spiro atoms. The summed E-state index contributed by atoms with van der Waals surface area (Å²) in [5.74, 6) is 0.134. The van der Waals surface area contributed by atoms with Crippen molar-refractivity contribution in [2.75, 3.05) is 31.6 Å². The number of nitrogens with zero attached hydrogens (tertiary/aromatic N) is 2. The summed E-state index contributed by atoms with van der Waals surface area (Å²) < 4.78 is 0.918. The van der Waals surface area contributed by atoms with E-state index in [0.29, 0.717) is 6.54 Å². The van der Waals surface area contributed by atoms with Crippen molar-refractivity contribution >= 4 is 27.5 Å². The predicted molar refractivity (Wildman–Crippen MR) is 69.9 cm³/mol. The van der Waals surface area contributed by atoms with Gasteiger partial charge in [-0.05, 0) is 33.6 Å². The Hall–Kier alpha value is -1.07. The fraction of sp³-hybridized carbons (Fsp3) is 0.417. The van der Waals surface area contributed by atoms with E-state index in [1.54, 1.807) is 4.90 Å². The van der Waals surface area contributed by atoms with E-state index in [-0.39, 0.29) is 12.5 Å². The van der Waals surface area contributed by atoms with E-state index in [2.05, 4.69) is 15.9 Å². The maximum Gasteiger partial charge on any atom is 0.241 e. The molecule has 0 atom stereocenters. The molecule has 1 fully saturated rings. The van der Waals surface area contributed by atoms with Gasteiger partial charge in [-0.2, -0.15) is 0 Å². The van der Waals surface area contributed by atoms with E-state index < -0.39 is 0 Å². The molecule has 1 aliphatic rings. The molecule has 0 radical (unpaired) electrons. The van der Waals surface area contributed by atoms with Crippen molar-refractivity contribution in [2.45, 2.75) is 6.61 Å². The lowest BCUT2D eigenvalue weighted by Gasteiger charge is -2.34. The third-order valence-corrected chi connectivity index (χ3v) is 3.63. The van der Waals surface area contributed by atoms with E-state index in [4.69, 9.17) is 5.11 Å².